The molecule has 1 aromatic carbocycles. The van der Waals surface area contributed by atoms with E-state index in [0.29, 0.717) is 31.1 Å². The van der Waals surface area contributed by atoms with Crippen molar-refractivity contribution in [2.75, 3.05) is 18.5 Å². The molecule has 6 heteroatoms. The number of fused-ring (bicyclic) bond motifs is 3. The van der Waals surface area contributed by atoms with Crippen molar-refractivity contribution in [3.8, 4) is 11.5 Å². The van der Waals surface area contributed by atoms with Crippen LogP contribution in [-0.2, 0) is 11.2 Å². The molecule has 90 valence electrons. The van der Waals surface area contributed by atoms with E-state index in [4.69, 9.17) is 19.3 Å². The van der Waals surface area contributed by atoms with Gasteiger partial charge in [-0.25, -0.2) is 4.79 Å². The monoisotopic (exact) mass is 237 g/mol. The topological polar surface area (TPSA) is 77.0 Å². The molecule has 0 saturated carbocycles. The maximum Gasteiger partial charge on any atom is 0.507 e. The Morgan fingerprint density at radius 2 is 2.24 bits per heavy atom. The molecule has 0 aliphatic carbocycles. The number of benzene rings is 1. The fraction of sp³-hybridized carbons (Fsp3) is 0.364. The molecule has 0 amide bonds. The third-order valence-corrected chi connectivity index (χ3v) is 2.76. The summed E-state index contributed by atoms with van der Waals surface area (Å²) in [7, 11) is 0. The average molecular weight is 237 g/mol. The van der Waals surface area contributed by atoms with Crippen LogP contribution in [0.3, 0.4) is 0 Å². The molecule has 0 saturated heterocycles. The standard InChI is InChI=1S/C11H11NO5/c13-11(14)17-9-5-6-7(12-9)1-2-8-10(6)16-4-3-15-8/h1-2,9,12H,3-5H2,(H,13,14). The van der Waals surface area contributed by atoms with Crippen LogP contribution in [0.1, 0.15) is 5.56 Å². The van der Waals surface area contributed by atoms with E-state index in [0.717, 1.165) is 11.3 Å². The molecule has 0 spiro atoms. The summed E-state index contributed by atoms with van der Waals surface area (Å²) in [5.74, 6) is 1.39. The Bertz CT molecular complexity index is 473. The number of carbonyl (C=O) groups is 1. The molecule has 1 unspecified atom stereocenters. The summed E-state index contributed by atoms with van der Waals surface area (Å²) in [4.78, 5) is 10.5. The quantitative estimate of drug-likeness (QED) is 0.720. The summed E-state index contributed by atoms with van der Waals surface area (Å²) in [6, 6.07) is 3.65. The van der Waals surface area contributed by atoms with Crippen LogP contribution < -0.4 is 14.8 Å². The van der Waals surface area contributed by atoms with Gasteiger partial charge in [-0.2, -0.15) is 0 Å². The van der Waals surface area contributed by atoms with Crippen LogP contribution in [0.2, 0.25) is 0 Å². The highest BCUT2D eigenvalue weighted by Gasteiger charge is 2.29. The van der Waals surface area contributed by atoms with E-state index in [1.165, 1.54) is 0 Å². The molecule has 1 atom stereocenters. The van der Waals surface area contributed by atoms with Gasteiger partial charge in [0, 0.05) is 17.7 Å². The molecule has 1 aromatic rings. The molecule has 2 N–H and O–H groups in total. The predicted molar refractivity (Wildman–Crippen MR) is 57.7 cm³/mol. The summed E-state index contributed by atoms with van der Waals surface area (Å²) >= 11 is 0. The first kappa shape index (κ1) is 10.1. The fourth-order valence-corrected chi connectivity index (χ4v) is 2.11. The van der Waals surface area contributed by atoms with E-state index in [-0.39, 0.29) is 0 Å². The lowest BCUT2D eigenvalue weighted by atomic mass is 10.1. The Morgan fingerprint density at radius 3 is 3.06 bits per heavy atom. The van der Waals surface area contributed by atoms with Gasteiger partial charge in [0.05, 0.1) is 0 Å². The normalized spacial score (nSPS) is 20.4. The SMILES string of the molecule is O=C(O)OC1Cc2c(ccc3c2OCCO3)N1. The van der Waals surface area contributed by atoms with Crippen LogP contribution >= 0.6 is 0 Å². The Kier molecular flexibility index (Phi) is 2.21. The molecule has 0 bridgehead atoms. The minimum Gasteiger partial charge on any atom is -0.486 e. The summed E-state index contributed by atoms with van der Waals surface area (Å²) in [6.45, 7) is 1.04. The number of nitrogens with one attached hydrogen (secondary N) is 1. The lowest BCUT2D eigenvalue weighted by Crippen LogP contribution is -2.22. The third-order valence-electron chi connectivity index (χ3n) is 2.76. The Labute approximate surface area is 97.1 Å². The molecule has 2 heterocycles. The second kappa shape index (κ2) is 3.73. The third kappa shape index (κ3) is 1.71. The van der Waals surface area contributed by atoms with Gasteiger partial charge in [-0.15, -0.1) is 0 Å². The molecular weight excluding hydrogens is 226 g/mol. The van der Waals surface area contributed by atoms with Crippen molar-refractivity contribution < 1.29 is 24.1 Å². The van der Waals surface area contributed by atoms with Gasteiger partial charge in [-0.05, 0) is 12.1 Å². The van der Waals surface area contributed by atoms with Crippen LogP contribution in [0.25, 0.3) is 0 Å². The minimum absolute atomic E-state index is 0.453. The predicted octanol–water partition coefficient (Wildman–Crippen LogP) is 1.45. The van der Waals surface area contributed by atoms with E-state index < -0.39 is 12.4 Å². The smallest absolute Gasteiger partial charge is 0.486 e. The molecule has 0 aromatic heterocycles. The lowest BCUT2D eigenvalue weighted by molar-refractivity contribution is 0.0647. The number of ether oxygens (including phenoxy) is 3. The van der Waals surface area contributed by atoms with Gasteiger partial charge in [-0.1, -0.05) is 0 Å². The van der Waals surface area contributed by atoms with E-state index in [2.05, 4.69) is 5.32 Å². The van der Waals surface area contributed by atoms with Gasteiger partial charge in [0.15, 0.2) is 17.7 Å². The Morgan fingerprint density at radius 1 is 1.41 bits per heavy atom. The summed E-state index contributed by atoms with van der Waals surface area (Å²) in [5, 5.41) is 11.6. The highest BCUT2D eigenvalue weighted by Crippen LogP contribution is 2.42. The van der Waals surface area contributed by atoms with Gasteiger partial charge in [0.25, 0.3) is 0 Å². The summed E-state index contributed by atoms with van der Waals surface area (Å²) in [6.07, 6.45) is -1.39. The second-order valence-corrected chi connectivity index (χ2v) is 3.84. The first-order valence-electron chi connectivity index (χ1n) is 5.31. The van der Waals surface area contributed by atoms with Crippen LogP contribution in [0.4, 0.5) is 10.5 Å². The summed E-state index contributed by atoms with van der Waals surface area (Å²) < 4.78 is 15.7. The zero-order valence-corrected chi connectivity index (χ0v) is 8.93. The second-order valence-electron chi connectivity index (χ2n) is 3.84. The number of anilines is 1. The van der Waals surface area contributed by atoms with Crippen molar-refractivity contribution in [3.05, 3.63) is 17.7 Å². The van der Waals surface area contributed by atoms with E-state index in [1.54, 1.807) is 0 Å². The molecule has 3 rings (SSSR count). The Balaban J connectivity index is 1.89. The van der Waals surface area contributed by atoms with Gasteiger partial charge < -0.3 is 24.6 Å². The van der Waals surface area contributed by atoms with Crippen LogP contribution in [0.5, 0.6) is 11.5 Å². The van der Waals surface area contributed by atoms with Gasteiger partial charge in [-0.3, -0.25) is 0 Å². The van der Waals surface area contributed by atoms with Gasteiger partial charge >= 0.3 is 6.16 Å². The summed E-state index contributed by atoms with van der Waals surface area (Å²) in [5.41, 5.74) is 1.74. The number of rotatable bonds is 1. The highest BCUT2D eigenvalue weighted by atomic mass is 16.7. The van der Waals surface area contributed by atoms with Crippen LogP contribution in [-0.4, -0.2) is 30.7 Å². The van der Waals surface area contributed by atoms with Crippen LogP contribution in [0.15, 0.2) is 12.1 Å². The van der Waals surface area contributed by atoms with E-state index in [9.17, 15) is 4.79 Å². The first-order valence-corrected chi connectivity index (χ1v) is 5.31. The van der Waals surface area contributed by atoms with E-state index in [1.807, 2.05) is 12.1 Å². The molecular formula is C11H11NO5. The van der Waals surface area contributed by atoms with Crippen molar-refractivity contribution >= 4 is 11.8 Å². The minimum atomic E-state index is -1.29. The lowest BCUT2D eigenvalue weighted by Gasteiger charge is -2.20. The van der Waals surface area contributed by atoms with Crippen molar-refractivity contribution in [2.24, 2.45) is 0 Å². The van der Waals surface area contributed by atoms with Gasteiger partial charge in [0.1, 0.15) is 13.2 Å². The molecule has 2 aliphatic rings. The van der Waals surface area contributed by atoms with Gasteiger partial charge in [0.2, 0.25) is 0 Å². The largest absolute Gasteiger partial charge is 0.507 e. The molecule has 0 fully saturated rings. The van der Waals surface area contributed by atoms with Crippen molar-refractivity contribution in [3.63, 3.8) is 0 Å². The first-order chi connectivity index (χ1) is 8.24. The number of hydrogen-bond acceptors (Lipinski definition) is 5. The zero-order chi connectivity index (χ0) is 11.8. The molecule has 0 radical (unpaired) electrons. The van der Waals surface area contributed by atoms with Crippen LogP contribution in [0, 0.1) is 0 Å². The molecule has 17 heavy (non-hydrogen) atoms. The average Bonchev–Trinajstić information content (AvgIpc) is 2.70. The van der Waals surface area contributed by atoms with Crippen molar-refractivity contribution in [1.82, 2.24) is 0 Å². The van der Waals surface area contributed by atoms with E-state index >= 15 is 0 Å². The molecule has 6 nitrogen and oxygen atoms in total. The Hall–Kier alpha value is -2.11. The maximum absolute atomic E-state index is 10.5. The zero-order valence-electron chi connectivity index (χ0n) is 8.93. The maximum atomic E-state index is 10.5. The number of hydrogen-bond donors (Lipinski definition) is 2. The molecule has 2 aliphatic heterocycles. The highest BCUT2D eigenvalue weighted by molar-refractivity contribution is 5.67. The fourth-order valence-electron chi connectivity index (χ4n) is 2.11. The van der Waals surface area contributed by atoms with Crippen molar-refractivity contribution in [2.45, 2.75) is 12.6 Å². The van der Waals surface area contributed by atoms with Crippen molar-refractivity contribution in [1.29, 1.82) is 0 Å². The number of carboxylic acid groups (broad SMARTS) is 1.